The van der Waals surface area contributed by atoms with Crippen LogP contribution in [-0.4, -0.2) is 22.6 Å². The zero-order chi connectivity index (χ0) is 13.0. The van der Waals surface area contributed by atoms with Crippen LogP contribution in [-0.2, 0) is 6.42 Å². The van der Waals surface area contributed by atoms with Crippen molar-refractivity contribution in [1.29, 1.82) is 0 Å². The van der Waals surface area contributed by atoms with Gasteiger partial charge in [0.15, 0.2) is 5.82 Å². The number of nitrogens with one attached hydrogen (secondary N) is 1. The van der Waals surface area contributed by atoms with Crippen LogP contribution < -0.4 is 11.1 Å². The van der Waals surface area contributed by atoms with Crippen LogP contribution in [0.5, 0.6) is 0 Å². The molecule has 6 nitrogen and oxygen atoms in total. The quantitative estimate of drug-likeness (QED) is 0.781. The van der Waals surface area contributed by atoms with E-state index in [9.17, 15) is 9.18 Å². The maximum Gasteiger partial charge on any atom is 0.253 e. The van der Waals surface area contributed by atoms with Gasteiger partial charge in [0.05, 0.1) is 5.56 Å². The van der Waals surface area contributed by atoms with E-state index >= 15 is 0 Å². The summed E-state index contributed by atoms with van der Waals surface area (Å²) in [5.74, 6) is -0.339. The van der Waals surface area contributed by atoms with Gasteiger partial charge >= 0.3 is 0 Å². The first-order valence-electron chi connectivity index (χ1n) is 5.25. The summed E-state index contributed by atoms with van der Waals surface area (Å²) in [4.78, 5) is 15.5. The van der Waals surface area contributed by atoms with Gasteiger partial charge in [0, 0.05) is 18.7 Å². The van der Waals surface area contributed by atoms with Gasteiger partial charge in [-0.3, -0.25) is 4.79 Å². The number of carbonyl (C=O) groups is 1. The van der Waals surface area contributed by atoms with Crippen LogP contribution in [0.15, 0.2) is 29.1 Å². The summed E-state index contributed by atoms with van der Waals surface area (Å²) in [6.07, 6.45) is 1.67. The molecule has 0 saturated heterocycles. The molecular formula is C11H11FN4O2. The molecule has 0 bridgehead atoms. The number of nitrogen functional groups attached to an aromatic ring is 1. The molecule has 1 amide bonds. The molecule has 0 spiro atoms. The Morgan fingerprint density at radius 1 is 1.50 bits per heavy atom. The lowest BCUT2D eigenvalue weighted by atomic mass is 10.1. The van der Waals surface area contributed by atoms with Gasteiger partial charge in [-0.05, 0) is 18.2 Å². The van der Waals surface area contributed by atoms with Crippen LogP contribution in [0.25, 0.3) is 0 Å². The molecule has 0 aliphatic heterocycles. The molecule has 0 fully saturated rings. The van der Waals surface area contributed by atoms with E-state index < -0.39 is 5.82 Å². The molecule has 18 heavy (non-hydrogen) atoms. The molecule has 1 aromatic heterocycles. The molecule has 3 N–H and O–H groups in total. The van der Waals surface area contributed by atoms with Gasteiger partial charge in [-0.15, -0.1) is 0 Å². The Morgan fingerprint density at radius 2 is 2.33 bits per heavy atom. The lowest BCUT2D eigenvalue weighted by Gasteiger charge is -2.06. The van der Waals surface area contributed by atoms with Gasteiger partial charge in [-0.25, -0.2) is 4.39 Å². The fraction of sp³-hybridized carbons (Fsp3) is 0.182. The lowest BCUT2D eigenvalue weighted by molar-refractivity contribution is 0.0954. The fourth-order valence-corrected chi connectivity index (χ4v) is 1.43. The van der Waals surface area contributed by atoms with Gasteiger partial charge in [-0.1, -0.05) is 5.16 Å². The van der Waals surface area contributed by atoms with Crippen LogP contribution in [0.1, 0.15) is 16.2 Å². The average Bonchev–Trinajstić information content (AvgIpc) is 2.81. The fourth-order valence-electron chi connectivity index (χ4n) is 1.43. The highest BCUT2D eigenvalue weighted by Crippen LogP contribution is 2.12. The number of hydrogen-bond donors (Lipinski definition) is 2. The van der Waals surface area contributed by atoms with Crippen molar-refractivity contribution in [2.75, 3.05) is 12.3 Å². The number of carbonyl (C=O) groups excluding carboxylic acids is 1. The first kappa shape index (κ1) is 12.0. The third-order valence-corrected chi connectivity index (χ3v) is 2.30. The maximum absolute atomic E-state index is 12.8. The highest BCUT2D eigenvalue weighted by atomic mass is 19.1. The molecule has 2 rings (SSSR count). The highest BCUT2D eigenvalue weighted by Gasteiger charge is 2.10. The molecule has 7 heteroatoms. The van der Waals surface area contributed by atoms with Crippen molar-refractivity contribution in [1.82, 2.24) is 15.5 Å². The smallest absolute Gasteiger partial charge is 0.253 e. The van der Waals surface area contributed by atoms with E-state index in [2.05, 4.69) is 20.0 Å². The van der Waals surface area contributed by atoms with Crippen LogP contribution in [0.4, 0.5) is 10.1 Å². The van der Waals surface area contributed by atoms with Crippen molar-refractivity contribution in [3.8, 4) is 0 Å². The summed E-state index contributed by atoms with van der Waals surface area (Å²) in [7, 11) is 0. The standard InChI is InChI=1S/C11H11FN4O2/c12-7-1-2-8(9(13)5-7)11(17)14-4-3-10-15-6-18-16-10/h1-2,5-6H,3-4,13H2,(H,14,17). The van der Waals surface area contributed by atoms with Crippen molar-refractivity contribution in [3.05, 3.63) is 41.8 Å². The third kappa shape index (κ3) is 2.82. The second kappa shape index (κ2) is 5.26. The van der Waals surface area contributed by atoms with E-state index in [1.807, 2.05) is 0 Å². The molecule has 0 aliphatic carbocycles. The minimum Gasteiger partial charge on any atom is -0.398 e. The zero-order valence-electron chi connectivity index (χ0n) is 9.39. The number of anilines is 1. The van der Waals surface area contributed by atoms with Crippen molar-refractivity contribution in [2.24, 2.45) is 0 Å². The highest BCUT2D eigenvalue weighted by molar-refractivity contribution is 5.99. The summed E-state index contributed by atoms with van der Waals surface area (Å²) in [6, 6.07) is 3.63. The Labute approximate surface area is 102 Å². The van der Waals surface area contributed by atoms with Gasteiger partial charge in [0.2, 0.25) is 6.39 Å². The predicted octanol–water partition coefficient (Wildman–Crippen LogP) is 0.763. The van der Waals surface area contributed by atoms with Crippen molar-refractivity contribution >= 4 is 11.6 Å². The van der Waals surface area contributed by atoms with Crippen LogP contribution >= 0.6 is 0 Å². The molecule has 2 aromatic rings. The minimum absolute atomic E-state index is 0.104. The number of nitrogens with two attached hydrogens (primary N) is 1. The molecular weight excluding hydrogens is 239 g/mol. The summed E-state index contributed by atoms with van der Waals surface area (Å²) in [5.41, 5.74) is 5.89. The molecule has 0 atom stereocenters. The van der Waals surface area contributed by atoms with Crippen molar-refractivity contribution in [2.45, 2.75) is 6.42 Å². The lowest BCUT2D eigenvalue weighted by Crippen LogP contribution is -2.26. The summed E-state index contributed by atoms with van der Waals surface area (Å²) in [6.45, 7) is 0.342. The van der Waals surface area contributed by atoms with Gasteiger partial charge in [0.1, 0.15) is 5.82 Å². The first-order valence-corrected chi connectivity index (χ1v) is 5.25. The second-order valence-corrected chi connectivity index (χ2v) is 3.58. The number of amides is 1. The summed E-state index contributed by atoms with van der Waals surface area (Å²) in [5, 5.41) is 6.24. The minimum atomic E-state index is -0.476. The Morgan fingerprint density at radius 3 is 3.00 bits per heavy atom. The van der Waals surface area contributed by atoms with E-state index in [1.165, 1.54) is 18.5 Å². The maximum atomic E-state index is 12.8. The van der Waals surface area contributed by atoms with E-state index in [-0.39, 0.29) is 17.2 Å². The van der Waals surface area contributed by atoms with E-state index in [4.69, 9.17) is 5.73 Å². The number of halogens is 1. The molecule has 1 aromatic carbocycles. The molecule has 1 heterocycles. The van der Waals surface area contributed by atoms with Crippen LogP contribution in [0.3, 0.4) is 0 Å². The molecule has 94 valence electrons. The number of nitrogens with zero attached hydrogens (tertiary/aromatic N) is 2. The normalized spacial score (nSPS) is 10.3. The number of benzene rings is 1. The third-order valence-electron chi connectivity index (χ3n) is 2.30. The largest absolute Gasteiger partial charge is 0.398 e. The molecule has 0 aliphatic rings. The van der Waals surface area contributed by atoms with E-state index in [1.54, 1.807) is 0 Å². The molecule has 0 saturated carbocycles. The topological polar surface area (TPSA) is 94.0 Å². The van der Waals surface area contributed by atoms with Crippen molar-refractivity contribution in [3.63, 3.8) is 0 Å². The van der Waals surface area contributed by atoms with Gasteiger partial charge in [0.25, 0.3) is 5.91 Å². The molecule has 0 radical (unpaired) electrons. The van der Waals surface area contributed by atoms with Gasteiger partial charge < -0.3 is 15.6 Å². The Hall–Kier alpha value is -2.44. The van der Waals surface area contributed by atoms with Crippen molar-refractivity contribution < 1.29 is 13.7 Å². The van der Waals surface area contributed by atoms with Crippen LogP contribution in [0.2, 0.25) is 0 Å². The zero-order valence-corrected chi connectivity index (χ0v) is 9.39. The number of hydrogen-bond acceptors (Lipinski definition) is 5. The molecule has 0 unspecified atom stereocenters. The summed E-state index contributed by atoms with van der Waals surface area (Å²) >= 11 is 0. The number of aromatic nitrogens is 2. The summed E-state index contributed by atoms with van der Waals surface area (Å²) < 4.78 is 17.4. The monoisotopic (exact) mass is 250 g/mol. The SMILES string of the molecule is Nc1cc(F)ccc1C(=O)NCCc1ncon1. The average molecular weight is 250 g/mol. The van der Waals surface area contributed by atoms with E-state index in [0.29, 0.717) is 18.8 Å². The number of rotatable bonds is 4. The Balaban J connectivity index is 1.91. The first-order chi connectivity index (χ1) is 8.66. The Bertz CT molecular complexity index is 542. The Kier molecular flexibility index (Phi) is 3.52. The second-order valence-electron chi connectivity index (χ2n) is 3.58. The van der Waals surface area contributed by atoms with Crippen LogP contribution in [0, 0.1) is 5.82 Å². The predicted molar refractivity (Wildman–Crippen MR) is 61.1 cm³/mol. The van der Waals surface area contributed by atoms with E-state index in [0.717, 1.165) is 6.07 Å². The van der Waals surface area contributed by atoms with Gasteiger partial charge in [-0.2, -0.15) is 4.98 Å².